The first kappa shape index (κ1) is 17.3. The minimum absolute atomic E-state index is 0.0449. The Labute approximate surface area is 144 Å². The second kappa shape index (κ2) is 6.99. The lowest BCUT2D eigenvalue weighted by Crippen LogP contribution is -2.36. The number of nitrogens with zero attached hydrogens (tertiary/aromatic N) is 3. The third-order valence-electron chi connectivity index (χ3n) is 2.59. The molecule has 0 aliphatic rings. The smallest absolute Gasteiger partial charge is 0.416 e. The number of aromatic nitrogens is 2. The van der Waals surface area contributed by atoms with Gasteiger partial charge in [-0.05, 0) is 32.9 Å². The van der Waals surface area contributed by atoms with Crippen LogP contribution in [0.4, 0.5) is 9.80 Å². The normalized spacial score (nSPS) is 10.9. The molecule has 120 valence electrons. The Morgan fingerprint density at radius 2 is 2.26 bits per heavy atom. The summed E-state index contributed by atoms with van der Waals surface area (Å²) in [6.07, 6.45) is 8.16. The number of thiazole rings is 1. The van der Waals surface area contributed by atoms with E-state index in [1.54, 1.807) is 39.2 Å². The molecule has 0 aromatic carbocycles. The van der Waals surface area contributed by atoms with E-state index in [9.17, 15) is 4.79 Å². The fraction of sp³-hybridized carbons (Fsp3) is 0.312. The SMILES string of the molecule is C#CCN(C(=O)OC(C)(C)C)c1sc(-c2cccnc2)nc1Cl. The maximum absolute atomic E-state index is 12.4. The Kier molecular flexibility index (Phi) is 5.24. The summed E-state index contributed by atoms with van der Waals surface area (Å²) < 4.78 is 5.38. The van der Waals surface area contributed by atoms with Crippen LogP contribution in [0.15, 0.2) is 24.5 Å². The monoisotopic (exact) mass is 349 g/mol. The summed E-state index contributed by atoms with van der Waals surface area (Å²) in [5, 5.41) is 1.32. The largest absolute Gasteiger partial charge is 0.443 e. The van der Waals surface area contributed by atoms with Crippen LogP contribution >= 0.6 is 22.9 Å². The van der Waals surface area contributed by atoms with Crippen molar-refractivity contribution >= 4 is 34.0 Å². The van der Waals surface area contributed by atoms with E-state index in [2.05, 4.69) is 15.9 Å². The molecule has 0 N–H and O–H groups in total. The quantitative estimate of drug-likeness (QED) is 0.778. The highest BCUT2D eigenvalue weighted by Gasteiger charge is 2.27. The lowest BCUT2D eigenvalue weighted by Gasteiger charge is -2.25. The number of ether oxygens (including phenoxy) is 1. The summed E-state index contributed by atoms with van der Waals surface area (Å²) in [7, 11) is 0. The minimum atomic E-state index is -0.632. The van der Waals surface area contributed by atoms with Gasteiger partial charge in [0, 0.05) is 18.0 Å². The molecule has 5 nitrogen and oxygen atoms in total. The van der Waals surface area contributed by atoms with E-state index in [0.717, 1.165) is 5.56 Å². The molecule has 0 unspecified atom stereocenters. The Balaban J connectivity index is 2.35. The molecular weight excluding hydrogens is 334 g/mol. The topological polar surface area (TPSA) is 55.3 Å². The van der Waals surface area contributed by atoms with E-state index in [4.69, 9.17) is 22.8 Å². The number of carbonyl (C=O) groups is 1. The van der Waals surface area contributed by atoms with Gasteiger partial charge in [0.05, 0.1) is 6.54 Å². The predicted molar refractivity (Wildman–Crippen MR) is 92.8 cm³/mol. The number of terminal acetylenes is 1. The molecule has 23 heavy (non-hydrogen) atoms. The van der Waals surface area contributed by atoms with Gasteiger partial charge < -0.3 is 4.74 Å². The summed E-state index contributed by atoms with van der Waals surface area (Å²) in [5.41, 5.74) is 0.184. The van der Waals surface area contributed by atoms with Crippen LogP contribution in [0.25, 0.3) is 10.6 Å². The zero-order chi connectivity index (χ0) is 17.0. The molecule has 0 aliphatic heterocycles. The zero-order valence-corrected chi connectivity index (χ0v) is 14.6. The molecule has 0 spiro atoms. The molecule has 0 aliphatic carbocycles. The highest BCUT2D eigenvalue weighted by molar-refractivity contribution is 7.19. The molecule has 2 heterocycles. The van der Waals surface area contributed by atoms with Crippen LogP contribution in [0.5, 0.6) is 0 Å². The zero-order valence-electron chi connectivity index (χ0n) is 13.0. The fourth-order valence-electron chi connectivity index (χ4n) is 1.70. The fourth-order valence-corrected chi connectivity index (χ4v) is 2.99. The van der Waals surface area contributed by atoms with Gasteiger partial charge in [-0.25, -0.2) is 9.78 Å². The van der Waals surface area contributed by atoms with Crippen molar-refractivity contribution < 1.29 is 9.53 Å². The number of halogens is 1. The number of hydrogen-bond acceptors (Lipinski definition) is 5. The molecular formula is C16H16ClN3O2S. The van der Waals surface area contributed by atoms with E-state index in [1.165, 1.54) is 16.2 Å². The molecule has 0 fully saturated rings. The van der Waals surface area contributed by atoms with Gasteiger partial charge in [-0.3, -0.25) is 9.88 Å². The summed E-state index contributed by atoms with van der Waals surface area (Å²) in [4.78, 5) is 22.0. The van der Waals surface area contributed by atoms with E-state index >= 15 is 0 Å². The van der Waals surface area contributed by atoms with Crippen LogP contribution in [0.2, 0.25) is 5.15 Å². The maximum atomic E-state index is 12.4. The van der Waals surface area contributed by atoms with E-state index in [0.29, 0.717) is 10.0 Å². The molecule has 0 atom stereocenters. The molecule has 1 amide bonds. The molecule has 0 saturated carbocycles. The average molecular weight is 350 g/mol. The second-order valence-electron chi connectivity index (χ2n) is 5.63. The number of rotatable bonds is 3. The van der Waals surface area contributed by atoms with Crippen LogP contribution in [-0.2, 0) is 4.74 Å². The van der Waals surface area contributed by atoms with Crippen molar-refractivity contribution in [3.8, 4) is 22.9 Å². The van der Waals surface area contributed by atoms with Crippen LogP contribution < -0.4 is 4.90 Å². The van der Waals surface area contributed by atoms with Crippen molar-refractivity contribution in [1.82, 2.24) is 9.97 Å². The standard InChI is InChI=1S/C16H16ClN3O2S/c1-5-9-20(15(21)22-16(2,3)4)14-12(17)19-13(23-14)11-7-6-8-18-10-11/h1,6-8,10H,9H2,2-4H3. The first-order valence-electron chi connectivity index (χ1n) is 6.82. The van der Waals surface area contributed by atoms with Gasteiger partial charge >= 0.3 is 6.09 Å². The van der Waals surface area contributed by atoms with Crippen molar-refractivity contribution in [2.45, 2.75) is 26.4 Å². The molecule has 2 rings (SSSR count). The first-order chi connectivity index (χ1) is 10.8. The van der Waals surface area contributed by atoms with Gasteiger partial charge in [0.25, 0.3) is 0 Å². The average Bonchev–Trinajstić information content (AvgIpc) is 2.85. The summed E-state index contributed by atoms with van der Waals surface area (Å²) in [6.45, 7) is 5.40. The van der Waals surface area contributed by atoms with Crippen LogP contribution in [0.3, 0.4) is 0 Å². The molecule has 0 bridgehead atoms. The van der Waals surface area contributed by atoms with Gasteiger partial charge in [-0.2, -0.15) is 0 Å². The number of anilines is 1. The Bertz CT molecular complexity index is 732. The van der Waals surface area contributed by atoms with E-state index in [1.807, 2.05) is 6.07 Å². The highest BCUT2D eigenvalue weighted by Crippen LogP contribution is 2.37. The first-order valence-corrected chi connectivity index (χ1v) is 8.02. The van der Waals surface area contributed by atoms with Gasteiger partial charge in [-0.15, -0.1) is 6.42 Å². The number of hydrogen-bond donors (Lipinski definition) is 0. The van der Waals surface area contributed by atoms with E-state index in [-0.39, 0.29) is 11.7 Å². The number of carbonyl (C=O) groups excluding carboxylic acids is 1. The van der Waals surface area contributed by atoms with Crippen LogP contribution in [0, 0.1) is 12.3 Å². The number of pyridine rings is 1. The lowest BCUT2D eigenvalue weighted by molar-refractivity contribution is 0.0586. The highest BCUT2D eigenvalue weighted by atomic mass is 35.5. The van der Waals surface area contributed by atoms with Gasteiger partial charge in [0.15, 0.2) is 5.15 Å². The van der Waals surface area contributed by atoms with Gasteiger partial charge in [0.2, 0.25) is 0 Å². The molecule has 7 heteroatoms. The maximum Gasteiger partial charge on any atom is 0.416 e. The van der Waals surface area contributed by atoms with Crippen molar-refractivity contribution in [3.05, 3.63) is 29.7 Å². The molecule has 0 saturated heterocycles. The predicted octanol–water partition coefficient (Wildman–Crippen LogP) is 4.23. The van der Waals surface area contributed by atoms with Crippen molar-refractivity contribution in [3.63, 3.8) is 0 Å². The minimum Gasteiger partial charge on any atom is -0.443 e. The third kappa shape index (κ3) is 4.44. The van der Waals surface area contributed by atoms with Crippen molar-refractivity contribution in [2.75, 3.05) is 11.4 Å². The van der Waals surface area contributed by atoms with Gasteiger partial charge in [0.1, 0.15) is 15.6 Å². The Hall–Kier alpha value is -2.10. The molecule has 2 aromatic rings. The van der Waals surface area contributed by atoms with Crippen molar-refractivity contribution in [1.29, 1.82) is 0 Å². The summed E-state index contributed by atoms with van der Waals surface area (Å²) in [6, 6.07) is 3.67. The molecule has 2 aromatic heterocycles. The Morgan fingerprint density at radius 3 is 2.83 bits per heavy atom. The summed E-state index contributed by atoms with van der Waals surface area (Å²) in [5.74, 6) is 2.44. The second-order valence-corrected chi connectivity index (χ2v) is 6.96. The van der Waals surface area contributed by atoms with Crippen LogP contribution in [0.1, 0.15) is 20.8 Å². The van der Waals surface area contributed by atoms with Gasteiger partial charge in [-0.1, -0.05) is 28.9 Å². The lowest BCUT2D eigenvalue weighted by atomic mass is 10.2. The summed E-state index contributed by atoms with van der Waals surface area (Å²) >= 11 is 7.46. The van der Waals surface area contributed by atoms with Crippen LogP contribution in [-0.4, -0.2) is 28.2 Å². The third-order valence-corrected chi connectivity index (χ3v) is 4.09. The molecule has 0 radical (unpaired) electrons. The van der Waals surface area contributed by atoms with Crippen molar-refractivity contribution in [2.24, 2.45) is 0 Å². The van der Waals surface area contributed by atoms with E-state index < -0.39 is 11.7 Å². The Morgan fingerprint density at radius 1 is 1.52 bits per heavy atom. The number of amides is 1.